The van der Waals surface area contributed by atoms with Crippen LogP contribution in [0.4, 0.5) is 0 Å². The lowest BCUT2D eigenvalue weighted by Gasteiger charge is -2.19. The van der Waals surface area contributed by atoms with Crippen molar-refractivity contribution in [2.75, 3.05) is 7.11 Å². The van der Waals surface area contributed by atoms with E-state index in [4.69, 9.17) is 9.72 Å². The predicted octanol–water partition coefficient (Wildman–Crippen LogP) is 5.54. The maximum absolute atomic E-state index is 12.9. The minimum atomic E-state index is -0.378. The highest BCUT2D eigenvalue weighted by Crippen LogP contribution is 2.33. The number of nitrogens with zero attached hydrogens (tertiary/aromatic N) is 1. The summed E-state index contributed by atoms with van der Waals surface area (Å²) < 4.78 is 5.17. The summed E-state index contributed by atoms with van der Waals surface area (Å²) in [5, 5.41) is 4.44. The lowest BCUT2D eigenvalue weighted by atomic mass is 9.94. The first kappa shape index (κ1) is 19.8. The molecule has 0 radical (unpaired) electrons. The van der Waals surface area contributed by atoms with Crippen molar-refractivity contribution in [3.8, 4) is 11.1 Å². The van der Waals surface area contributed by atoms with Crippen molar-refractivity contribution in [2.24, 2.45) is 0 Å². The number of nitrogens with one attached hydrogen (secondary N) is 1. The highest BCUT2D eigenvalue weighted by atomic mass is 16.5. The quantitative estimate of drug-likeness (QED) is 0.435. The average molecular weight is 396 g/mol. The van der Waals surface area contributed by atoms with Gasteiger partial charge >= 0.3 is 5.97 Å². The van der Waals surface area contributed by atoms with E-state index in [2.05, 4.69) is 24.4 Å². The van der Waals surface area contributed by atoms with E-state index in [1.807, 2.05) is 72.8 Å². The van der Waals surface area contributed by atoms with Crippen LogP contribution in [0, 0.1) is 0 Å². The molecule has 3 aromatic carbocycles. The number of aromatic nitrogens is 1. The van der Waals surface area contributed by atoms with Crippen LogP contribution < -0.4 is 5.32 Å². The van der Waals surface area contributed by atoms with E-state index in [1.165, 1.54) is 12.7 Å². The zero-order valence-corrected chi connectivity index (χ0v) is 17.1. The monoisotopic (exact) mass is 396 g/mol. The van der Waals surface area contributed by atoms with Crippen LogP contribution in [0.15, 0.2) is 84.9 Å². The second-order valence-electron chi connectivity index (χ2n) is 7.20. The Balaban J connectivity index is 1.83. The van der Waals surface area contributed by atoms with Crippen molar-refractivity contribution in [1.82, 2.24) is 10.3 Å². The Labute approximate surface area is 176 Å². The van der Waals surface area contributed by atoms with Gasteiger partial charge in [0.1, 0.15) is 0 Å². The summed E-state index contributed by atoms with van der Waals surface area (Å²) >= 11 is 0. The Kier molecular flexibility index (Phi) is 5.87. The Morgan fingerprint density at radius 1 is 0.933 bits per heavy atom. The summed E-state index contributed by atoms with van der Waals surface area (Å²) in [5.41, 5.74) is 5.05. The third kappa shape index (κ3) is 3.95. The number of methoxy groups -OCH3 is 1. The zero-order valence-electron chi connectivity index (χ0n) is 17.1. The average Bonchev–Trinajstić information content (AvgIpc) is 2.82. The SMILES string of the molecule is COC(=O)c1c(CN[C@@H](C)c2ccccc2)nc2ccccc2c1-c1ccccc1. The molecule has 0 aliphatic heterocycles. The first-order valence-electron chi connectivity index (χ1n) is 10.0. The van der Waals surface area contributed by atoms with Gasteiger partial charge in [-0.05, 0) is 24.1 Å². The van der Waals surface area contributed by atoms with Crippen molar-refractivity contribution in [2.45, 2.75) is 19.5 Å². The van der Waals surface area contributed by atoms with E-state index in [1.54, 1.807) is 0 Å². The summed E-state index contributed by atoms with van der Waals surface area (Å²) in [6, 6.07) is 28.2. The molecule has 0 amide bonds. The van der Waals surface area contributed by atoms with Crippen molar-refractivity contribution in [3.63, 3.8) is 0 Å². The van der Waals surface area contributed by atoms with Crippen LogP contribution in [0.25, 0.3) is 22.0 Å². The van der Waals surface area contributed by atoms with Crippen LogP contribution >= 0.6 is 0 Å². The van der Waals surface area contributed by atoms with Crippen LogP contribution in [-0.2, 0) is 11.3 Å². The molecule has 1 atom stereocenters. The van der Waals surface area contributed by atoms with Gasteiger partial charge in [-0.25, -0.2) is 4.79 Å². The van der Waals surface area contributed by atoms with Gasteiger partial charge in [0.25, 0.3) is 0 Å². The zero-order chi connectivity index (χ0) is 20.9. The smallest absolute Gasteiger partial charge is 0.340 e. The number of hydrogen-bond acceptors (Lipinski definition) is 4. The molecule has 0 saturated heterocycles. The van der Waals surface area contributed by atoms with E-state index in [-0.39, 0.29) is 12.0 Å². The number of fused-ring (bicyclic) bond motifs is 1. The van der Waals surface area contributed by atoms with Crippen molar-refractivity contribution >= 4 is 16.9 Å². The molecule has 0 unspecified atom stereocenters. The molecule has 4 rings (SSSR count). The van der Waals surface area contributed by atoms with Crippen molar-refractivity contribution in [1.29, 1.82) is 0 Å². The molecule has 0 aliphatic rings. The van der Waals surface area contributed by atoms with E-state index < -0.39 is 0 Å². The highest BCUT2D eigenvalue weighted by molar-refractivity contribution is 6.07. The number of benzene rings is 3. The number of ether oxygens (including phenoxy) is 1. The molecule has 1 heterocycles. The molecule has 0 bridgehead atoms. The maximum Gasteiger partial charge on any atom is 0.340 e. The van der Waals surface area contributed by atoms with E-state index >= 15 is 0 Å². The van der Waals surface area contributed by atoms with Gasteiger partial charge in [0.15, 0.2) is 0 Å². The Morgan fingerprint density at radius 3 is 2.27 bits per heavy atom. The molecule has 0 saturated carbocycles. The van der Waals surface area contributed by atoms with E-state index in [9.17, 15) is 4.79 Å². The fourth-order valence-electron chi connectivity index (χ4n) is 3.73. The summed E-state index contributed by atoms with van der Waals surface area (Å²) in [6.45, 7) is 2.55. The first-order chi connectivity index (χ1) is 14.7. The number of para-hydroxylation sites is 1. The van der Waals surface area contributed by atoms with Gasteiger partial charge in [-0.3, -0.25) is 4.98 Å². The number of carbonyl (C=O) groups excluding carboxylic acids is 1. The second-order valence-corrected chi connectivity index (χ2v) is 7.20. The molecule has 4 aromatic rings. The Bertz CT molecular complexity index is 1160. The normalized spacial score (nSPS) is 11.9. The van der Waals surface area contributed by atoms with Gasteiger partial charge in [-0.2, -0.15) is 0 Å². The van der Waals surface area contributed by atoms with Gasteiger partial charge in [0, 0.05) is 23.5 Å². The molecule has 30 heavy (non-hydrogen) atoms. The summed E-state index contributed by atoms with van der Waals surface area (Å²) in [4.78, 5) is 17.7. The molecule has 150 valence electrons. The van der Waals surface area contributed by atoms with Crippen LogP contribution in [0.2, 0.25) is 0 Å². The van der Waals surface area contributed by atoms with Gasteiger partial charge in [-0.1, -0.05) is 78.9 Å². The van der Waals surface area contributed by atoms with Gasteiger partial charge in [0.2, 0.25) is 0 Å². The van der Waals surface area contributed by atoms with Crippen LogP contribution in [-0.4, -0.2) is 18.1 Å². The first-order valence-corrected chi connectivity index (χ1v) is 10.0. The molecule has 1 aromatic heterocycles. The molecule has 4 nitrogen and oxygen atoms in total. The number of esters is 1. The van der Waals surface area contributed by atoms with E-state index in [0.29, 0.717) is 17.8 Å². The lowest BCUT2D eigenvalue weighted by Crippen LogP contribution is -2.21. The van der Waals surface area contributed by atoms with Crippen molar-refractivity contribution in [3.05, 3.63) is 102 Å². The maximum atomic E-state index is 12.9. The lowest BCUT2D eigenvalue weighted by molar-refractivity contribution is 0.0599. The summed E-state index contributed by atoms with van der Waals surface area (Å²) in [5.74, 6) is -0.378. The van der Waals surface area contributed by atoms with E-state index in [0.717, 1.165) is 22.0 Å². The van der Waals surface area contributed by atoms with Gasteiger partial charge in [-0.15, -0.1) is 0 Å². The largest absolute Gasteiger partial charge is 0.465 e. The minimum absolute atomic E-state index is 0.116. The van der Waals surface area contributed by atoms with Gasteiger partial charge in [0.05, 0.1) is 23.9 Å². The summed E-state index contributed by atoms with van der Waals surface area (Å²) in [7, 11) is 1.41. The second kappa shape index (κ2) is 8.89. The van der Waals surface area contributed by atoms with Crippen LogP contribution in [0.3, 0.4) is 0 Å². The number of carbonyl (C=O) groups is 1. The van der Waals surface area contributed by atoms with Crippen LogP contribution in [0.1, 0.15) is 34.6 Å². The third-order valence-corrected chi connectivity index (χ3v) is 5.29. The Hall–Kier alpha value is -3.50. The molecule has 0 spiro atoms. The molecule has 0 fully saturated rings. The molecule has 1 N–H and O–H groups in total. The topological polar surface area (TPSA) is 51.2 Å². The molecular formula is C26H24N2O2. The van der Waals surface area contributed by atoms with Crippen molar-refractivity contribution < 1.29 is 9.53 Å². The summed E-state index contributed by atoms with van der Waals surface area (Å²) in [6.07, 6.45) is 0. The fourth-order valence-corrected chi connectivity index (χ4v) is 3.73. The molecule has 0 aliphatic carbocycles. The Morgan fingerprint density at radius 2 is 1.57 bits per heavy atom. The minimum Gasteiger partial charge on any atom is -0.465 e. The van der Waals surface area contributed by atoms with Gasteiger partial charge < -0.3 is 10.1 Å². The predicted molar refractivity (Wildman–Crippen MR) is 120 cm³/mol. The number of rotatable bonds is 6. The van der Waals surface area contributed by atoms with Crippen LogP contribution in [0.5, 0.6) is 0 Å². The molecule has 4 heteroatoms. The standard InChI is InChI=1S/C26H24N2O2/c1-18(19-11-5-3-6-12-19)27-17-23-25(26(29)30-2)24(20-13-7-4-8-14-20)21-15-9-10-16-22(21)28-23/h3-16,18,27H,17H2,1-2H3/t18-/m0/s1. The fraction of sp³-hybridized carbons (Fsp3) is 0.154. The highest BCUT2D eigenvalue weighted by Gasteiger charge is 2.23. The number of hydrogen-bond donors (Lipinski definition) is 1. The molecular weight excluding hydrogens is 372 g/mol. The third-order valence-electron chi connectivity index (χ3n) is 5.29. The number of pyridine rings is 1.